The summed E-state index contributed by atoms with van der Waals surface area (Å²) >= 11 is 0. The van der Waals surface area contributed by atoms with E-state index >= 15 is 0 Å². The lowest BCUT2D eigenvalue weighted by atomic mass is 9.93. The Morgan fingerprint density at radius 1 is 1.30 bits per heavy atom. The normalized spacial score (nSPS) is 16.8. The Morgan fingerprint density at radius 2 is 2.09 bits per heavy atom. The van der Waals surface area contributed by atoms with E-state index in [0.29, 0.717) is 23.8 Å². The fraction of sp³-hybridized carbons (Fsp3) is 0.500. The van der Waals surface area contributed by atoms with Crippen LogP contribution in [0.3, 0.4) is 0 Å². The van der Waals surface area contributed by atoms with Crippen molar-refractivity contribution in [1.82, 2.24) is 15.2 Å². The summed E-state index contributed by atoms with van der Waals surface area (Å²) in [6, 6.07) is 6.63. The number of halogens is 1. The minimum atomic E-state index is -0.277. The molecule has 1 fully saturated rings. The molecule has 1 aliphatic heterocycles. The van der Waals surface area contributed by atoms with E-state index < -0.39 is 0 Å². The van der Waals surface area contributed by atoms with Crippen molar-refractivity contribution in [2.45, 2.75) is 25.8 Å². The molecule has 1 aromatic heterocycles. The van der Waals surface area contributed by atoms with Crippen molar-refractivity contribution >= 4 is 0 Å². The number of likely N-dealkylation sites (tertiary alicyclic amines) is 1. The number of piperidine rings is 1. The Balaban J connectivity index is 1.55. The molecule has 3 rings (SSSR count). The predicted molar refractivity (Wildman–Crippen MR) is 88.4 cm³/mol. The molecule has 0 amide bonds. The average molecular weight is 317 g/mol. The van der Waals surface area contributed by atoms with Gasteiger partial charge >= 0.3 is 0 Å². The first-order chi connectivity index (χ1) is 11.3. The molecular formula is C18H24FN3O. The maximum Gasteiger partial charge on any atom is 0.209 e. The van der Waals surface area contributed by atoms with Gasteiger partial charge in [0.25, 0.3) is 0 Å². The van der Waals surface area contributed by atoms with Gasteiger partial charge in [-0.1, -0.05) is 12.1 Å². The molecule has 0 aliphatic carbocycles. The molecule has 1 N–H and O–H groups in total. The minimum Gasteiger partial charge on any atom is -0.439 e. The number of aromatic nitrogens is 1. The molecular weight excluding hydrogens is 293 g/mol. The summed E-state index contributed by atoms with van der Waals surface area (Å²) in [5, 5.41) is 3.22. The summed E-state index contributed by atoms with van der Waals surface area (Å²) in [6.07, 6.45) is 5.32. The van der Waals surface area contributed by atoms with Crippen LogP contribution in [0.4, 0.5) is 4.39 Å². The molecule has 0 radical (unpaired) electrons. The zero-order chi connectivity index (χ0) is 16.1. The number of rotatable bonds is 6. The number of oxazole rings is 1. The third-order valence-corrected chi connectivity index (χ3v) is 4.56. The summed E-state index contributed by atoms with van der Waals surface area (Å²) in [6.45, 7) is 3.95. The summed E-state index contributed by atoms with van der Waals surface area (Å²) < 4.78 is 19.5. The van der Waals surface area contributed by atoms with Gasteiger partial charge in [-0.3, -0.25) is 4.90 Å². The second kappa shape index (κ2) is 7.70. The van der Waals surface area contributed by atoms with Crippen molar-refractivity contribution in [2.75, 3.05) is 26.7 Å². The van der Waals surface area contributed by atoms with E-state index in [4.69, 9.17) is 4.42 Å². The summed E-state index contributed by atoms with van der Waals surface area (Å²) in [7, 11) is 2.00. The highest BCUT2D eigenvalue weighted by Gasteiger charge is 2.20. The Hall–Kier alpha value is -1.72. The first-order valence-electron chi connectivity index (χ1n) is 8.33. The van der Waals surface area contributed by atoms with Gasteiger partial charge < -0.3 is 9.73 Å². The molecule has 23 heavy (non-hydrogen) atoms. The minimum absolute atomic E-state index is 0.277. The van der Waals surface area contributed by atoms with Crippen LogP contribution >= 0.6 is 0 Å². The van der Waals surface area contributed by atoms with Crippen LogP contribution < -0.4 is 5.32 Å². The zero-order valence-corrected chi connectivity index (χ0v) is 13.6. The molecule has 0 atom stereocenters. The fourth-order valence-electron chi connectivity index (χ4n) is 3.14. The monoisotopic (exact) mass is 317 g/mol. The van der Waals surface area contributed by atoms with Gasteiger partial charge in [0.15, 0.2) is 5.76 Å². The summed E-state index contributed by atoms with van der Waals surface area (Å²) in [5.74, 6) is 1.71. The molecule has 1 saturated heterocycles. The molecule has 0 bridgehead atoms. The lowest BCUT2D eigenvalue weighted by Gasteiger charge is -2.31. The van der Waals surface area contributed by atoms with E-state index in [1.807, 2.05) is 7.05 Å². The van der Waals surface area contributed by atoms with Gasteiger partial charge in [-0.05, 0) is 64.0 Å². The van der Waals surface area contributed by atoms with E-state index in [1.54, 1.807) is 24.4 Å². The quantitative estimate of drug-likeness (QED) is 0.887. The average Bonchev–Trinajstić information content (AvgIpc) is 3.03. The molecule has 0 unspecified atom stereocenters. The standard InChI is InChI=1S/C18H24FN3O/c1-20-9-6-14-7-10-22(11-8-14)13-18-21-12-17(23-18)15-4-2-3-5-16(15)19/h2-5,12,14,20H,6-11,13H2,1H3. The van der Waals surface area contributed by atoms with Crippen molar-refractivity contribution in [3.63, 3.8) is 0 Å². The van der Waals surface area contributed by atoms with Crippen molar-refractivity contribution in [3.05, 3.63) is 42.2 Å². The number of hydrogen-bond acceptors (Lipinski definition) is 4. The van der Waals surface area contributed by atoms with E-state index in [1.165, 1.54) is 25.3 Å². The van der Waals surface area contributed by atoms with Crippen LogP contribution in [0, 0.1) is 11.7 Å². The van der Waals surface area contributed by atoms with E-state index in [0.717, 1.165) is 25.6 Å². The van der Waals surface area contributed by atoms with Crippen LogP contribution in [0.2, 0.25) is 0 Å². The molecule has 0 saturated carbocycles. The number of nitrogens with one attached hydrogen (secondary N) is 1. The summed E-state index contributed by atoms with van der Waals surface area (Å²) in [4.78, 5) is 6.68. The van der Waals surface area contributed by atoms with Crippen LogP contribution in [0.1, 0.15) is 25.2 Å². The number of hydrogen-bond donors (Lipinski definition) is 1. The fourth-order valence-corrected chi connectivity index (χ4v) is 3.14. The van der Waals surface area contributed by atoms with Gasteiger partial charge in [-0.15, -0.1) is 0 Å². The predicted octanol–water partition coefficient (Wildman–Crippen LogP) is 3.30. The van der Waals surface area contributed by atoms with Crippen molar-refractivity contribution in [2.24, 2.45) is 5.92 Å². The Labute approximate surface area is 136 Å². The van der Waals surface area contributed by atoms with Gasteiger partial charge in [0.2, 0.25) is 5.89 Å². The summed E-state index contributed by atoms with van der Waals surface area (Å²) in [5.41, 5.74) is 0.469. The van der Waals surface area contributed by atoms with Gasteiger partial charge in [-0.25, -0.2) is 9.37 Å². The smallest absolute Gasteiger partial charge is 0.209 e. The van der Waals surface area contributed by atoms with Gasteiger partial charge in [0, 0.05) is 0 Å². The Morgan fingerprint density at radius 3 is 2.83 bits per heavy atom. The van der Waals surface area contributed by atoms with Crippen LogP contribution in [0.15, 0.2) is 34.9 Å². The molecule has 0 spiro atoms. The van der Waals surface area contributed by atoms with E-state index in [-0.39, 0.29) is 5.82 Å². The lowest BCUT2D eigenvalue weighted by molar-refractivity contribution is 0.160. The molecule has 1 aliphatic rings. The number of benzene rings is 1. The largest absolute Gasteiger partial charge is 0.439 e. The molecule has 4 nitrogen and oxygen atoms in total. The highest BCUT2D eigenvalue weighted by atomic mass is 19.1. The molecule has 5 heteroatoms. The van der Waals surface area contributed by atoms with Crippen LogP contribution in [0.25, 0.3) is 11.3 Å². The molecule has 124 valence electrons. The van der Waals surface area contributed by atoms with Crippen molar-refractivity contribution < 1.29 is 8.81 Å². The first-order valence-corrected chi connectivity index (χ1v) is 8.33. The molecule has 1 aromatic carbocycles. The highest BCUT2D eigenvalue weighted by Crippen LogP contribution is 2.25. The van der Waals surface area contributed by atoms with E-state index in [9.17, 15) is 4.39 Å². The highest BCUT2D eigenvalue weighted by molar-refractivity contribution is 5.56. The van der Waals surface area contributed by atoms with Crippen LogP contribution in [0.5, 0.6) is 0 Å². The van der Waals surface area contributed by atoms with Gasteiger partial charge in [0.05, 0.1) is 18.3 Å². The van der Waals surface area contributed by atoms with Crippen molar-refractivity contribution in [3.8, 4) is 11.3 Å². The second-order valence-corrected chi connectivity index (χ2v) is 6.21. The molecule has 2 heterocycles. The Bertz CT molecular complexity index is 620. The first kappa shape index (κ1) is 16.1. The SMILES string of the molecule is CNCCC1CCN(Cc2ncc(-c3ccccc3F)o2)CC1. The third kappa shape index (κ3) is 4.18. The van der Waals surface area contributed by atoms with Crippen molar-refractivity contribution in [1.29, 1.82) is 0 Å². The topological polar surface area (TPSA) is 41.3 Å². The zero-order valence-electron chi connectivity index (χ0n) is 13.6. The number of nitrogens with zero attached hydrogens (tertiary/aromatic N) is 2. The Kier molecular flexibility index (Phi) is 5.41. The van der Waals surface area contributed by atoms with E-state index in [2.05, 4.69) is 15.2 Å². The van der Waals surface area contributed by atoms with Gasteiger partial charge in [0.1, 0.15) is 5.82 Å². The van der Waals surface area contributed by atoms with Gasteiger partial charge in [-0.2, -0.15) is 0 Å². The third-order valence-electron chi connectivity index (χ3n) is 4.56. The second-order valence-electron chi connectivity index (χ2n) is 6.21. The lowest BCUT2D eigenvalue weighted by Crippen LogP contribution is -2.34. The van der Waals surface area contributed by atoms with Crippen LogP contribution in [-0.4, -0.2) is 36.6 Å². The maximum atomic E-state index is 13.8. The maximum absolute atomic E-state index is 13.8. The molecule has 2 aromatic rings. The van der Waals surface area contributed by atoms with Crippen LogP contribution in [-0.2, 0) is 6.54 Å².